The lowest BCUT2D eigenvalue weighted by Gasteiger charge is -2.29. The Balaban J connectivity index is 2.16. The smallest absolute Gasteiger partial charge is 0.253 e. The van der Waals surface area contributed by atoms with E-state index in [1.165, 1.54) is 0 Å². The number of carbonyl (C=O) groups is 1. The summed E-state index contributed by atoms with van der Waals surface area (Å²) in [6.07, 6.45) is 0.895. The van der Waals surface area contributed by atoms with Crippen molar-refractivity contribution in [3.05, 3.63) is 29.8 Å². The molecule has 1 saturated heterocycles. The largest absolute Gasteiger partial charge is 0.385 e. The molecule has 0 spiro atoms. The van der Waals surface area contributed by atoms with Gasteiger partial charge in [0.2, 0.25) is 0 Å². The third-order valence-corrected chi connectivity index (χ3v) is 3.82. The number of nitrogens with one attached hydrogen (secondary N) is 2. The van der Waals surface area contributed by atoms with Gasteiger partial charge in [0.1, 0.15) is 0 Å². The van der Waals surface area contributed by atoms with Crippen LogP contribution in [0.15, 0.2) is 24.3 Å². The third-order valence-electron chi connectivity index (χ3n) is 3.82. The quantitative estimate of drug-likeness (QED) is 0.876. The Labute approximate surface area is 114 Å². The molecular weight excluding hydrogens is 240 g/mol. The van der Waals surface area contributed by atoms with Crippen LogP contribution in [0, 0.1) is 0 Å². The maximum Gasteiger partial charge on any atom is 0.253 e. The van der Waals surface area contributed by atoms with Crippen molar-refractivity contribution >= 4 is 11.6 Å². The van der Waals surface area contributed by atoms with Crippen molar-refractivity contribution in [1.29, 1.82) is 0 Å². The highest BCUT2D eigenvalue weighted by atomic mass is 16.5. The highest BCUT2D eigenvalue weighted by Gasteiger charge is 2.38. The second-order valence-electron chi connectivity index (χ2n) is 5.21. The van der Waals surface area contributed by atoms with Crippen molar-refractivity contribution in [2.45, 2.75) is 38.8 Å². The van der Waals surface area contributed by atoms with Crippen LogP contribution in [0.25, 0.3) is 0 Å². The van der Waals surface area contributed by atoms with Gasteiger partial charge in [-0.15, -0.1) is 0 Å². The number of rotatable bonds is 4. The molecule has 1 aromatic rings. The number of benzene rings is 1. The Bertz CT molecular complexity index is 461. The van der Waals surface area contributed by atoms with E-state index in [0.717, 1.165) is 18.7 Å². The average molecular weight is 262 g/mol. The molecule has 2 rings (SSSR count). The zero-order valence-electron chi connectivity index (χ0n) is 11.8. The van der Waals surface area contributed by atoms with Gasteiger partial charge < -0.3 is 15.4 Å². The van der Waals surface area contributed by atoms with Gasteiger partial charge in [-0.05, 0) is 39.3 Å². The molecule has 2 atom stereocenters. The highest BCUT2D eigenvalue weighted by molar-refractivity contribution is 6.00. The third kappa shape index (κ3) is 2.89. The number of para-hydroxylation sites is 1. The van der Waals surface area contributed by atoms with Crippen molar-refractivity contribution in [1.82, 2.24) is 5.32 Å². The fraction of sp³-hybridized carbons (Fsp3) is 0.533. The maximum absolute atomic E-state index is 12.4. The molecule has 0 aliphatic carbocycles. The van der Waals surface area contributed by atoms with Gasteiger partial charge in [-0.25, -0.2) is 0 Å². The van der Waals surface area contributed by atoms with Gasteiger partial charge >= 0.3 is 0 Å². The van der Waals surface area contributed by atoms with Crippen LogP contribution < -0.4 is 10.6 Å². The number of hydrogen-bond donors (Lipinski definition) is 2. The fourth-order valence-electron chi connectivity index (χ4n) is 2.35. The first kappa shape index (κ1) is 13.9. The molecule has 0 radical (unpaired) electrons. The zero-order valence-corrected chi connectivity index (χ0v) is 11.8. The van der Waals surface area contributed by atoms with Gasteiger partial charge in [0.05, 0.1) is 17.2 Å². The summed E-state index contributed by atoms with van der Waals surface area (Å²) in [6, 6.07) is 7.58. The van der Waals surface area contributed by atoms with Gasteiger partial charge in [0.25, 0.3) is 5.91 Å². The second kappa shape index (κ2) is 5.61. The average Bonchev–Trinajstić information content (AvgIpc) is 2.70. The molecule has 0 saturated carbocycles. The highest BCUT2D eigenvalue weighted by Crippen LogP contribution is 2.26. The first-order valence-electron chi connectivity index (χ1n) is 6.84. The predicted octanol–water partition coefficient (Wildman–Crippen LogP) is 2.42. The lowest BCUT2D eigenvalue weighted by molar-refractivity contribution is 0.0728. The summed E-state index contributed by atoms with van der Waals surface area (Å²) in [5.74, 6) is -0.0450. The van der Waals surface area contributed by atoms with E-state index in [2.05, 4.69) is 10.6 Å². The molecule has 4 nitrogen and oxygen atoms in total. The Hall–Kier alpha value is -1.55. The zero-order chi connectivity index (χ0) is 13.9. The van der Waals surface area contributed by atoms with Crippen LogP contribution in [-0.4, -0.2) is 30.7 Å². The molecule has 104 valence electrons. The molecule has 19 heavy (non-hydrogen) atoms. The molecule has 1 heterocycles. The standard InChI is InChI=1S/C15H22N2O2/c1-4-16-13-8-6-5-7-12(13)14(18)17-15(3)9-10-19-11(15)2/h5-8,11,16H,4,9-10H2,1-3H3,(H,17,18). The molecule has 1 aromatic carbocycles. The van der Waals surface area contributed by atoms with E-state index in [9.17, 15) is 4.79 Å². The molecule has 0 bridgehead atoms. The van der Waals surface area contributed by atoms with E-state index in [1.807, 2.05) is 45.0 Å². The number of ether oxygens (including phenoxy) is 1. The summed E-state index contributed by atoms with van der Waals surface area (Å²) in [7, 11) is 0. The molecule has 2 N–H and O–H groups in total. The fourth-order valence-corrected chi connectivity index (χ4v) is 2.35. The van der Waals surface area contributed by atoms with Crippen molar-refractivity contribution in [3.8, 4) is 0 Å². The van der Waals surface area contributed by atoms with Gasteiger partial charge in [-0.1, -0.05) is 12.1 Å². The maximum atomic E-state index is 12.4. The summed E-state index contributed by atoms with van der Waals surface area (Å²) >= 11 is 0. The Morgan fingerprint density at radius 1 is 1.47 bits per heavy atom. The minimum absolute atomic E-state index is 0.0442. The van der Waals surface area contributed by atoms with Crippen LogP contribution in [0.5, 0.6) is 0 Å². The van der Waals surface area contributed by atoms with E-state index >= 15 is 0 Å². The normalized spacial score (nSPS) is 26.2. The summed E-state index contributed by atoms with van der Waals surface area (Å²) in [6.45, 7) is 7.55. The summed E-state index contributed by atoms with van der Waals surface area (Å²) < 4.78 is 5.55. The minimum Gasteiger partial charge on any atom is -0.385 e. The molecule has 2 unspecified atom stereocenters. The van der Waals surface area contributed by atoms with Gasteiger partial charge in [0, 0.05) is 18.8 Å². The summed E-state index contributed by atoms with van der Waals surface area (Å²) in [5, 5.41) is 6.33. The summed E-state index contributed by atoms with van der Waals surface area (Å²) in [4.78, 5) is 12.4. The topological polar surface area (TPSA) is 50.4 Å². The monoisotopic (exact) mass is 262 g/mol. The molecule has 4 heteroatoms. The van der Waals surface area contributed by atoms with Crippen molar-refractivity contribution in [2.24, 2.45) is 0 Å². The molecule has 1 amide bonds. The first-order chi connectivity index (χ1) is 9.07. The van der Waals surface area contributed by atoms with Crippen LogP contribution in [0.4, 0.5) is 5.69 Å². The van der Waals surface area contributed by atoms with E-state index < -0.39 is 0 Å². The van der Waals surface area contributed by atoms with Crippen molar-refractivity contribution in [3.63, 3.8) is 0 Å². The van der Waals surface area contributed by atoms with Crippen LogP contribution >= 0.6 is 0 Å². The molecular formula is C15H22N2O2. The number of amides is 1. The predicted molar refractivity (Wildman–Crippen MR) is 76.5 cm³/mol. The van der Waals surface area contributed by atoms with Crippen LogP contribution in [0.2, 0.25) is 0 Å². The van der Waals surface area contributed by atoms with Gasteiger partial charge in [0.15, 0.2) is 0 Å². The van der Waals surface area contributed by atoms with Crippen molar-refractivity contribution in [2.75, 3.05) is 18.5 Å². The molecule has 1 fully saturated rings. The van der Waals surface area contributed by atoms with Gasteiger partial charge in [-0.3, -0.25) is 4.79 Å². The first-order valence-corrected chi connectivity index (χ1v) is 6.84. The molecule has 1 aliphatic heterocycles. The van der Waals surface area contributed by atoms with E-state index in [-0.39, 0.29) is 17.6 Å². The van der Waals surface area contributed by atoms with E-state index in [1.54, 1.807) is 0 Å². The van der Waals surface area contributed by atoms with Crippen LogP contribution in [0.3, 0.4) is 0 Å². The Kier molecular flexibility index (Phi) is 4.10. The lowest BCUT2D eigenvalue weighted by atomic mass is 9.94. The number of hydrogen-bond acceptors (Lipinski definition) is 3. The SMILES string of the molecule is CCNc1ccccc1C(=O)NC1(C)CCOC1C. The summed E-state index contributed by atoms with van der Waals surface area (Å²) in [5.41, 5.74) is 1.28. The van der Waals surface area contributed by atoms with Crippen LogP contribution in [-0.2, 0) is 4.74 Å². The minimum atomic E-state index is -0.281. The van der Waals surface area contributed by atoms with E-state index in [0.29, 0.717) is 12.2 Å². The Morgan fingerprint density at radius 2 is 2.21 bits per heavy atom. The van der Waals surface area contributed by atoms with Crippen molar-refractivity contribution < 1.29 is 9.53 Å². The van der Waals surface area contributed by atoms with Gasteiger partial charge in [-0.2, -0.15) is 0 Å². The second-order valence-corrected chi connectivity index (χ2v) is 5.21. The van der Waals surface area contributed by atoms with Crippen LogP contribution in [0.1, 0.15) is 37.6 Å². The Morgan fingerprint density at radius 3 is 2.84 bits per heavy atom. The number of carbonyl (C=O) groups excluding carboxylic acids is 1. The number of anilines is 1. The van der Waals surface area contributed by atoms with E-state index in [4.69, 9.17) is 4.74 Å². The lowest BCUT2D eigenvalue weighted by Crippen LogP contribution is -2.50. The molecule has 0 aromatic heterocycles. The molecule has 1 aliphatic rings.